The Morgan fingerprint density at radius 2 is 2.25 bits per heavy atom. The molecule has 2 aliphatic heterocycles. The zero-order valence-electron chi connectivity index (χ0n) is 10.9. The van der Waals surface area contributed by atoms with E-state index in [-0.39, 0.29) is 5.56 Å². The van der Waals surface area contributed by atoms with Crippen LogP contribution in [-0.4, -0.2) is 43.7 Å². The maximum atomic E-state index is 14.2. The van der Waals surface area contributed by atoms with E-state index < -0.39 is 23.4 Å². The number of morpholine rings is 1. The molecule has 0 aromatic heterocycles. The van der Waals surface area contributed by atoms with Crippen LogP contribution in [-0.2, 0) is 4.74 Å². The third-order valence-corrected chi connectivity index (χ3v) is 3.92. The molecule has 1 N–H and O–H groups in total. The number of halogens is 2. The summed E-state index contributed by atoms with van der Waals surface area (Å²) in [6.45, 7) is 10.6. The normalized spacial score (nSPS) is 26.9. The number of hydrogen-bond donors (Lipinski definition) is 1. The molecular weight excluding hydrogens is 264 g/mol. The molecule has 0 aliphatic carbocycles. The number of hydrogen-bond acceptors (Lipinski definition) is 3. The van der Waals surface area contributed by atoms with Gasteiger partial charge in [-0.1, -0.05) is 6.07 Å². The SMILES string of the molecule is [C-]#[N+]c1c(F)ccc([C@@H]2CN3CCNCC3CO2)c1F. The second kappa shape index (κ2) is 5.44. The van der Waals surface area contributed by atoms with Crippen molar-refractivity contribution in [3.63, 3.8) is 0 Å². The molecule has 1 aromatic rings. The summed E-state index contributed by atoms with van der Waals surface area (Å²) < 4.78 is 33.2. The van der Waals surface area contributed by atoms with Gasteiger partial charge < -0.3 is 10.1 Å². The van der Waals surface area contributed by atoms with Gasteiger partial charge in [-0.25, -0.2) is 13.6 Å². The summed E-state index contributed by atoms with van der Waals surface area (Å²) in [5, 5.41) is 3.29. The van der Waals surface area contributed by atoms with E-state index in [9.17, 15) is 8.78 Å². The van der Waals surface area contributed by atoms with Gasteiger partial charge in [0.05, 0.1) is 19.3 Å². The van der Waals surface area contributed by atoms with Crippen molar-refractivity contribution in [1.82, 2.24) is 10.2 Å². The molecule has 0 spiro atoms. The van der Waals surface area contributed by atoms with Gasteiger partial charge in [-0.3, -0.25) is 4.90 Å². The highest BCUT2D eigenvalue weighted by molar-refractivity contribution is 5.50. The maximum Gasteiger partial charge on any atom is 0.257 e. The second-order valence-electron chi connectivity index (χ2n) is 5.09. The van der Waals surface area contributed by atoms with E-state index in [1.165, 1.54) is 6.07 Å². The first-order valence-corrected chi connectivity index (χ1v) is 6.62. The zero-order valence-corrected chi connectivity index (χ0v) is 10.9. The fourth-order valence-electron chi connectivity index (χ4n) is 2.80. The fraction of sp³-hybridized carbons (Fsp3) is 0.500. The topological polar surface area (TPSA) is 28.9 Å². The van der Waals surface area contributed by atoms with Crippen LogP contribution in [0.4, 0.5) is 14.5 Å². The van der Waals surface area contributed by atoms with Crippen molar-refractivity contribution in [2.45, 2.75) is 12.1 Å². The average Bonchev–Trinajstić information content (AvgIpc) is 2.47. The summed E-state index contributed by atoms with van der Waals surface area (Å²) in [4.78, 5) is 5.18. The van der Waals surface area contributed by atoms with E-state index in [1.807, 2.05) is 0 Å². The summed E-state index contributed by atoms with van der Waals surface area (Å²) in [6, 6.07) is 2.83. The van der Waals surface area contributed by atoms with Gasteiger partial charge in [-0.15, -0.1) is 0 Å². The second-order valence-corrected chi connectivity index (χ2v) is 5.09. The molecular formula is C14H15F2N3O. The van der Waals surface area contributed by atoms with E-state index in [4.69, 9.17) is 11.3 Å². The van der Waals surface area contributed by atoms with Gasteiger partial charge in [0.15, 0.2) is 0 Å². The highest BCUT2D eigenvalue weighted by atomic mass is 19.1. The molecule has 1 unspecified atom stereocenters. The van der Waals surface area contributed by atoms with Gasteiger partial charge in [0.1, 0.15) is 11.6 Å². The molecule has 0 saturated carbocycles. The van der Waals surface area contributed by atoms with Gasteiger partial charge in [0, 0.05) is 37.8 Å². The van der Waals surface area contributed by atoms with Gasteiger partial charge in [-0.2, -0.15) is 0 Å². The van der Waals surface area contributed by atoms with Crippen LogP contribution in [0.5, 0.6) is 0 Å². The Bertz CT molecular complexity index is 558. The van der Waals surface area contributed by atoms with E-state index in [2.05, 4.69) is 15.1 Å². The highest BCUT2D eigenvalue weighted by Crippen LogP contribution is 2.32. The third kappa shape index (κ3) is 2.29. The number of nitrogens with zero attached hydrogens (tertiary/aromatic N) is 2. The molecule has 0 radical (unpaired) electrons. The Balaban J connectivity index is 1.85. The predicted molar refractivity (Wildman–Crippen MR) is 69.5 cm³/mol. The van der Waals surface area contributed by atoms with Crippen LogP contribution in [0.15, 0.2) is 12.1 Å². The van der Waals surface area contributed by atoms with E-state index in [1.54, 1.807) is 0 Å². The lowest BCUT2D eigenvalue weighted by Gasteiger charge is -2.42. The van der Waals surface area contributed by atoms with Crippen LogP contribution < -0.4 is 5.32 Å². The first-order valence-electron chi connectivity index (χ1n) is 6.62. The first-order chi connectivity index (χ1) is 9.70. The smallest absolute Gasteiger partial charge is 0.257 e. The zero-order chi connectivity index (χ0) is 14.1. The Kier molecular flexibility index (Phi) is 3.66. The van der Waals surface area contributed by atoms with Gasteiger partial charge in [0.25, 0.3) is 5.69 Å². The Morgan fingerprint density at radius 1 is 1.40 bits per heavy atom. The van der Waals surface area contributed by atoms with Crippen LogP contribution in [0, 0.1) is 18.2 Å². The fourth-order valence-corrected chi connectivity index (χ4v) is 2.80. The summed E-state index contributed by atoms with van der Waals surface area (Å²) in [5.41, 5.74) is -0.275. The molecule has 20 heavy (non-hydrogen) atoms. The van der Waals surface area contributed by atoms with Crippen LogP contribution in [0.25, 0.3) is 4.85 Å². The lowest BCUT2D eigenvalue weighted by molar-refractivity contribution is -0.0729. The van der Waals surface area contributed by atoms with Gasteiger partial charge >= 0.3 is 0 Å². The van der Waals surface area contributed by atoms with Crippen LogP contribution in [0.2, 0.25) is 0 Å². The predicted octanol–water partition coefficient (Wildman–Crippen LogP) is 1.86. The number of rotatable bonds is 1. The van der Waals surface area contributed by atoms with Crippen molar-refractivity contribution in [1.29, 1.82) is 0 Å². The van der Waals surface area contributed by atoms with Crippen molar-refractivity contribution < 1.29 is 13.5 Å². The summed E-state index contributed by atoms with van der Waals surface area (Å²) in [6.07, 6.45) is -0.439. The van der Waals surface area contributed by atoms with Crippen LogP contribution in [0.1, 0.15) is 11.7 Å². The van der Waals surface area contributed by atoms with E-state index in [0.29, 0.717) is 19.2 Å². The van der Waals surface area contributed by atoms with Crippen molar-refractivity contribution in [2.24, 2.45) is 0 Å². The molecule has 0 bridgehead atoms. The third-order valence-electron chi connectivity index (χ3n) is 3.92. The number of piperazine rings is 1. The summed E-state index contributed by atoms with van der Waals surface area (Å²) >= 11 is 0. The lowest BCUT2D eigenvalue weighted by Crippen LogP contribution is -2.57. The van der Waals surface area contributed by atoms with Crippen LogP contribution >= 0.6 is 0 Å². The Hall–Kier alpha value is -1.55. The van der Waals surface area contributed by atoms with Crippen molar-refractivity contribution in [3.8, 4) is 0 Å². The molecule has 1 aromatic carbocycles. The van der Waals surface area contributed by atoms with Crippen molar-refractivity contribution >= 4 is 5.69 Å². The Morgan fingerprint density at radius 3 is 3.05 bits per heavy atom. The van der Waals surface area contributed by atoms with E-state index >= 15 is 0 Å². The molecule has 4 nitrogen and oxygen atoms in total. The van der Waals surface area contributed by atoms with E-state index in [0.717, 1.165) is 25.7 Å². The lowest BCUT2D eigenvalue weighted by atomic mass is 10.0. The Labute approximate surface area is 116 Å². The minimum Gasteiger partial charge on any atom is -0.370 e. The minimum atomic E-state index is -0.822. The first kappa shape index (κ1) is 13.4. The summed E-state index contributed by atoms with van der Waals surface area (Å²) in [7, 11) is 0. The standard InChI is InChI=1S/C14H15F2N3O/c1-17-14-11(15)3-2-10(13(14)16)12-7-19-5-4-18-6-9(19)8-20-12/h2-3,9,12,18H,4-8H2/t9?,12-/m0/s1. The van der Waals surface area contributed by atoms with Gasteiger partial charge in [0.2, 0.25) is 0 Å². The molecule has 2 aliphatic rings. The number of ether oxygens (including phenoxy) is 1. The average molecular weight is 279 g/mol. The highest BCUT2D eigenvalue weighted by Gasteiger charge is 2.33. The largest absolute Gasteiger partial charge is 0.370 e. The summed E-state index contributed by atoms with van der Waals surface area (Å²) in [5.74, 6) is -1.62. The molecule has 2 atom stereocenters. The minimum absolute atomic E-state index is 0.273. The van der Waals surface area contributed by atoms with Crippen LogP contribution in [0.3, 0.4) is 0 Å². The van der Waals surface area contributed by atoms with Crippen molar-refractivity contribution in [3.05, 3.63) is 40.7 Å². The number of benzene rings is 1. The van der Waals surface area contributed by atoms with Crippen molar-refractivity contribution in [2.75, 3.05) is 32.8 Å². The molecule has 2 saturated heterocycles. The quantitative estimate of drug-likeness (QED) is 0.796. The molecule has 0 amide bonds. The van der Waals surface area contributed by atoms with Gasteiger partial charge in [-0.05, 0) is 6.07 Å². The molecule has 2 heterocycles. The molecule has 2 fully saturated rings. The number of nitrogens with one attached hydrogen (secondary N) is 1. The monoisotopic (exact) mass is 279 g/mol. The maximum absolute atomic E-state index is 14.2. The molecule has 6 heteroatoms. The number of fused-ring (bicyclic) bond motifs is 1. The molecule has 3 rings (SSSR count). The molecule has 106 valence electrons.